The van der Waals surface area contributed by atoms with Crippen LogP contribution in [0.3, 0.4) is 0 Å². The van der Waals surface area contributed by atoms with E-state index in [9.17, 15) is 9.18 Å². The van der Waals surface area contributed by atoms with Crippen LogP contribution >= 0.6 is 0 Å². The van der Waals surface area contributed by atoms with Crippen LogP contribution in [0.15, 0.2) is 18.2 Å². The maximum atomic E-state index is 14.7. The zero-order valence-electron chi connectivity index (χ0n) is 15.1. The van der Waals surface area contributed by atoms with E-state index in [1.807, 2.05) is 0 Å². The average Bonchev–Trinajstić information content (AvgIpc) is 2.62. The Kier molecular flexibility index (Phi) is 5.94. The summed E-state index contributed by atoms with van der Waals surface area (Å²) in [6, 6.07) is 5.19. The van der Waals surface area contributed by atoms with Crippen LogP contribution in [0.1, 0.15) is 63.5 Å². The van der Waals surface area contributed by atoms with Gasteiger partial charge >= 0.3 is 0 Å². The second kappa shape index (κ2) is 8.17. The molecule has 5 heteroatoms. The maximum absolute atomic E-state index is 14.7. The van der Waals surface area contributed by atoms with E-state index in [0.29, 0.717) is 17.9 Å². The molecule has 1 aromatic rings. The number of ether oxygens (including phenoxy) is 2. The van der Waals surface area contributed by atoms with Crippen molar-refractivity contribution in [1.82, 2.24) is 5.32 Å². The van der Waals surface area contributed by atoms with Crippen molar-refractivity contribution in [2.24, 2.45) is 5.92 Å². The van der Waals surface area contributed by atoms with Gasteiger partial charge in [-0.15, -0.1) is 0 Å². The van der Waals surface area contributed by atoms with Gasteiger partial charge in [0.25, 0.3) is 0 Å². The summed E-state index contributed by atoms with van der Waals surface area (Å²) in [5.41, 5.74) is 0.523. The van der Waals surface area contributed by atoms with Gasteiger partial charge in [0.2, 0.25) is 5.91 Å². The number of nitrogens with one attached hydrogen (secondary N) is 1. The van der Waals surface area contributed by atoms with E-state index < -0.39 is 0 Å². The van der Waals surface area contributed by atoms with Crippen LogP contribution in [0.5, 0.6) is 5.75 Å². The third-order valence-corrected chi connectivity index (χ3v) is 5.50. The Morgan fingerprint density at radius 3 is 2.68 bits per heavy atom. The standard InChI is InChI=1S/C20H28FNO3/c1-13(23)22-15-11-18(14-7-4-3-5-8-14)25-19(12-15)16-9-6-10-17(24-2)20(16)21/h6,9-10,14-15,18-19H,3-5,7-8,11-12H2,1-2H3,(H,22,23)/t15-,18-,19+/m1/s1. The van der Waals surface area contributed by atoms with Gasteiger partial charge in [0, 0.05) is 18.5 Å². The molecule has 2 fully saturated rings. The Hall–Kier alpha value is -1.62. The van der Waals surface area contributed by atoms with Crippen LogP contribution in [-0.2, 0) is 9.53 Å². The molecule has 1 N–H and O–H groups in total. The number of carbonyl (C=O) groups excluding carboxylic acids is 1. The minimum absolute atomic E-state index is 0.0220. The number of carbonyl (C=O) groups is 1. The fraction of sp³-hybridized carbons (Fsp3) is 0.650. The second-order valence-electron chi connectivity index (χ2n) is 7.29. The Morgan fingerprint density at radius 1 is 1.24 bits per heavy atom. The topological polar surface area (TPSA) is 47.6 Å². The van der Waals surface area contributed by atoms with Crippen molar-refractivity contribution in [3.8, 4) is 5.75 Å². The van der Waals surface area contributed by atoms with Crippen molar-refractivity contribution in [1.29, 1.82) is 0 Å². The van der Waals surface area contributed by atoms with Gasteiger partial charge in [0.15, 0.2) is 11.6 Å². The molecule has 1 amide bonds. The molecule has 0 unspecified atom stereocenters. The number of halogens is 1. The predicted molar refractivity (Wildman–Crippen MR) is 94.0 cm³/mol. The Labute approximate surface area is 149 Å². The molecule has 1 saturated heterocycles. The Morgan fingerprint density at radius 2 is 2.00 bits per heavy atom. The normalized spacial score (nSPS) is 27.7. The zero-order valence-corrected chi connectivity index (χ0v) is 15.1. The van der Waals surface area contributed by atoms with Crippen molar-refractivity contribution in [3.63, 3.8) is 0 Å². The molecule has 0 aromatic heterocycles. The average molecular weight is 349 g/mol. The summed E-state index contributed by atoms with van der Waals surface area (Å²) in [5, 5.41) is 3.03. The van der Waals surface area contributed by atoms with E-state index in [1.165, 1.54) is 33.3 Å². The summed E-state index contributed by atoms with van der Waals surface area (Å²) >= 11 is 0. The summed E-state index contributed by atoms with van der Waals surface area (Å²) in [5.74, 6) is 0.332. The molecular formula is C20H28FNO3. The highest BCUT2D eigenvalue weighted by molar-refractivity contribution is 5.73. The molecule has 3 rings (SSSR count). The SMILES string of the molecule is COc1cccc([C@@H]2C[C@H](NC(C)=O)C[C@H](C3CCCCC3)O2)c1F. The molecule has 0 spiro atoms. The van der Waals surface area contributed by atoms with E-state index >= 15 is 0 Å². The third-order valence-electron chi connectivity index (χ3n) is 5.50. The smallest absolute Gasteiger partial charge is 0.217 e. The first-order valence-electron chi connectivity index (χ1n) is 9.33. The summed E-state index contributed by atoms with van der Waals surface area (Å²) in [4.78, 5) is 11.6. The van der Waals surface area contributed by atoms with E-state index in [1.54, 1.807) is 18.2 Å². The predicted octanol–water partition coefficient (Wildman–Crippen LogP) is 4.14. The van der Waals surface area contributed by atoms with Crippen molar-refractivity contribution in [3.05, 3.63) is 29.6 Å². The molecule has 0 bridgehead atoms. The first-order valence-corrected chi connectivity index (χ1v) is 9.33. The quantitative estimate of drug-likeness (QED) is 0.889. The van der Waals surface area contributed by atoms with E-state index in [4.69, 9.17) is 9.47 Å². The molecule has 0 radical (unpaired) electrons. The Balaban J connectivity index is 1.82. The summed E-state index contributed by atoms with van der Waals surface area (Å²) < 4.78 is 26.2. The van der Waals surface area contributed by atoms with Gasteiger partial charge in [-0.25, -0.2) is 4.39 Å². The van der Waals surface area contributed by atoms with Crippen LogP contribution in [0.2, 0.25) is 0 Å². The molecule has 1 heterocycles. The molecule has 1 aliphatic heterocycles. The largest absolute Gasteiger partial charge is 0.494 e. The molecule has 4 nitrogen and oxygen atoms in total. The van der Waals surface area contributed by atoms with Crippen LogP contribution < -0.4 is 10.1 Å². The number of hydrogen-bond acceptors (Lipinski definition) is 3. The maximum Gasteiger partial charge on any atom is 0.217 e. The van der Waals surface area contributed by atoms with E-state index in [0.717, 1.165) is 19.3 Å². The molecule has 25 heavy (non-hydrogen) atoms. The fourth-order valence-corrected chi connectivity index (χ4v) is 4.31. The van der Waals surface area contributed by atoms with Gasteiger partial charge in [-0.3, -0.25) is 4.79 Å². The van der Waals surface area contributed by atoms with Gasteiger partial charge in [0.05, 0.1) is 19.3 Å². The zero-order chi connectivity index (χ0) is 17.8. The van der Waals surface area contributed by atoms with Crippen molar-refractivity contribution in [2.45, 2.75) is 70.1 Å². The Bertz CT molecular complexity index is 601. The molecule has 1 aromatic carbocycles. The summed E-state index contributed by atoms with van der Waals surface area (Å²) in [7, 11) is 1.47. The van der Waals surface area contributed by atoms with Gasteiger partial charge in [-0.05, 0) is 37.7 Å². The van der Waals surface area contributed by atoms with Crippen molar-refractivity contribution in [2.75, 3.05) is 7.11 Å². The first-order chi connectivity index (χ1) is 12.1. The number of benzene rings is 1. The lowest BCUT2D eigenvalue weighted by atomic mass is 9.80. The third kappa shape index (κ3) is 4.32. The molecule has 138 valence electrons. The van der Waals surface area contributed by atoms with Gasteiger partial charge in [-0.1, -0.05) is 31.4 Å². The number of hydrogen-bond donors (Lipinski definition) is 1. The van der Waals surface area contributed by atoms with Crippen LogP contribution in [0.4, 0.5) is 4.39 Å². The molecule has 1 saturated carbocycles. The van der Waals surface area contributed by atoms with Crippen molar-refractivity contribution >= 4 is 5.91 Å². The molecular weight excluding hydrogens is 321 g/mol. The first kappa shape index (κ1) is 18.2. The lowest BCUT2D eigenvalue weighted by Gasteiger charge is -2.40. The number of rotatable bonds is 4. The monoisotopic (exact) mass is 349 g/mol. The van der Waals surface area contributed by atoms with Crippen LogP contribution in [0.25, 0.3) is 0 Å². The lowest BCUT2D eigenvalue weighted by molar-refractivity contribution is -0.124. The fourth-order valence-electron chi connectivity index (χ4n) is 4.31. The number of methoxy groups -OCH3 is 1. The van der Waals surface area contributed by atoms with E-state index in [-0.39, 0.29) is 35.7 Å². The minimum Gasteiger partial charge on any atom is -0.494 e. The van der Waals surface area contributed by atoms with Gasteiger partial charge < -0.3 is 14.8 Å². The van der Waals surface area contributed by atoms with Crippen LogP contribution in [0, 0.1) is 11.7 Å². The van der Waals surface area contributed by atoms with Gasteiger partial charge in [-0.2, -0.15) is 0 Å². The summed E-state index contributed by atoms with van der Waals surface area (Å²) in [6.07, 6.45) is 7.18. The van der Waals surface area contributed by atoms with E-state index in [2.05, 4.69) is 5.32 Å². The second-order valence-corrected chi connectivity index (χ2v) is 7.29. The summed E-state index contributed by atoms with van der Waals surface area (Å²) in [6.45, 7) is 1.53. The molecule has 2 aliphatic rings. The minimum atomic E-state index is -0.360. The van der Waals surface area contributed by atoms with Gasteiger partial charge in [0.1, 0.15) is 0 Å². The molecule has 1 aliphatic carbocycles. The number of amides is 1. The highest BCUT2D eigenvalue weighted by Crippen LogP contribution is 2.40. The lowest BCUT2D eigenvalue weighted by Crippen LogP contribution is -2.45. The highest BCUT2D eigenvalue weighted by atomic mass is 19.1. The van der Waals surface area contributed by atoms with Crippen molar-refractivity contribution < 1.29 is 18.7 Å². The molecule has 3 atom stereocenters. The van der Waals surface area contributed by atoms with Crippen LogP contribution in [-0.4, -0.2) is 25.2 Å². The highest BCUT2D eigenvalue weighted by Gasteiger charge is 2.36.